The van der Waals surface area contributed by atoms with E-state index < -0.39 is 29.0 Å². The van der Waals surface area contributed by atoms with Gasteiger partial charge in [-0.25, -0.2) is 9.97 Å². The van der Waals surface area contributed by atoms with Crippen molar-refractivity contribution in [2.45, 2.75) is 6.18 Å². The first-order chi connectivity index (χ1) is 12.8. The van der Waals surface area contributed by atoms with Crippen LogP contribution in [0.2, 0.25) is 0 Å². The van der Waals surface area contributed by atoms with Gasteiger partial charge in [-0.1, -0.05) is 0 Å². The number of nitrogens with zero attached hydrogens (tertiary/aromatic N) is 3. The van der Waals surface area contributed by atoms with Crippen LogP contribution in [0, 0.1) is 0 Å². The second-order valence-corrected chi connectivity index (χ2v) is 5.29. The number of aromatic nitrogens is 4. The van der Waals surface area contributed by atoms with Gasteiger partial charge in [-0.15, -0.1) is 0 Å². The number of ether oxygens (including phenoxy) is 1. The maximum atomic E-state index is 13.5. The molecule has 0 bridgehead atoms. The van der Waals surface area contributed by atoms with Gasteiger partial charge < -0.3 is 15.8 Å². The number of nitrogens with one attached hydrogen (secondary N) is 2. The topological polar surface area (TPSA) is 119 Å². The Hall–Kier alpha value is -3.63. The van der Waals surface area contributed by atoms with Crippen LogP contribution < -0.4 is 15.8 Å². The number of rotatable bonds is 4. The highest BCUT2D eigenvalue weighted by Gasteiger charge is 2.37. The molecule has 0 radical (unpaired) electrons. The molecule has 140 valence electrons. The van der Waals surface area contributed by atoms with Gasteiger partial charge >= 0.3 is 6.18 Å². The number of nitrogens with two attached hydrogens (primary N) is 1. The van der Waals surface area contributed by atoms with Gasteiger partial charge in [0.25, 0.3) is 5.91 Å². The first-order valence-corrected chi connectivity index (χ1v) is 7.49. The third-order valence-corrected chi connectivity index (χ3v) is 3.53. The third-order valence-electron chi connectivity index (χ3n) is 3.53. The monoisotopic (exact) mass is 378 g/mol. The Kier molecular flexibility index (Phi) is 4.67. The van der Waals surface area contributed by atoms with E-state index in [1.807, 2.05) is 0 Å². The summed E-state index contributed by atoms with van der Waals surface area (Å²) in [5.74, 6) is -0.710. The molecule has 1 amide bonds. The molecule has 0 fully saturated rings. The molecular weight excluding hydrogens is 365 g/mol. The fourth-order valence-corrected chi connectivity index (χ4v) is 2.37. The highest BCUT2D eigenvalue weighted by molar-refractivity contribution is 6.06. The number of H-pyrrole nitrogens is 1. The summed E-state index contributed by atoms with van der Waals surface area (Å²) in [5, 5.41) is 8.63. The van der Waals surface area contributed by atoms with Crippen LogP contribution in [0.4, 0.5) is 24.7 Å². The van der Waals surface area contributed by atoms with Gasteiger partial charge in [-0.3, -0.25) is 9.89 Å². The predicted octanol–water partition coefficient (Wildman–Crippen LogP) is 2.73. The summed E-state index contributed by atoms with van der Waals surface area (Å²) in [6.07, 6.45) is -1.93. The molecule has 8 nitrogen and oxygen atoms in total. The normalized spacial score (nSPS) is 11.3. The molecule has 4 N–H and O–H groups in total. The molecule has 0 saturated carbocycles. The smallest absolute Gasteiger partial charge is 0.418 e. The van der Waals surface area contributed by atoms with Crippen LogP contribution in [0.25, 0.3) is 11.3 Å². The van der Waals surface area contributed by atoms with Gasteiger partial charge in [0.2, 0.25) is 5.88 Å². The predicted molar refractivity (Wildman–Crippen MR) is 90.0 cm³/mol. The van der Waals surface area contributed by atoms with Gasteiger partial charge in [0.1, 0.15) is 0 Å². The zero-order valence-corrected chi connectivity index (χ0v) is 13.8. The van der Waals surface area contributed by atoms with Crippen LogP contribution in [0.1, 0.15) is 16.1 Å². The number of carbonyl (C=O) groups is 1. The average Bonchev–Trinajstić information content (AvgIpc) is 3.13. The molecule has 11 heteroatoms. The molecular formula is C16H13F3N6O2. The lowest BCUT2D eigenvalue weighted by atomic mass is 10.0. The van der Waals surface area contributed by atoms with E-state index in [0.29, 0.717) is 6.07 Å². The van der Waals surface area contributed by atoms with Crippen molar-refractivity contribution in [3.63, 3.8) is 0 Å². The van der Waals surface area contributed by atoms with Crippen molar-refractivity contribution in [1.82, 2.24) is 20.2 Å². The standard InChI is InChI=1S/C16H13F3N6O2/c1-27-15-8(3-2-5-21-15)12-9(16(17,18)19)7-10(20)13(24-12)14(26)23-11-4-6-22-25-11/h2-7H,20H2,1H3,(H2,22,23,25,26). The molecule has 0 aliphatic rings. The van der Waals surface area contributed by atoms with E-state index in [1.54, 1.807) is 0 Å². The number of aromatic amines is 1. The number of carbonyl (C=O) groups excluding carboxylic acids is 1. The molecule has 0 aliphatic heterocycles. The molecule has 0 spiro atoms. The Morgan fingerprint density at radius 1 is 1.33 bits per heavy atom. The number of methoxy groups -OCH3 is 1. The summed E-state index contributed by atoms with van der Waals surface area (Å²) in [4.78, 5) is 20.2. The zero-order chi connectivity index (χ0) is 19.6. The van der Waals surface area contributed by atoms with Gasteiger partial charge in [0.05, 0.1) is 29.6 Å². The largest absolute Gasteiger partial charge is 0.481 e. The van der Waals surface area contributed by atoms with Crippen LogP contribution in [-0.4, -0.2) is 33.2 Å². The van der Waals surface area contributed by atoms with E-state index in [-0.39, 0.29) is 23.0 Å². The second-order valence-electron chi connectivity index (χ2n) is 5.29. The number of anilines is 2. The summed E-state index contributed by atoms with van der Waals surface area (Å²) in [7, 11) is 1.27. The van der Waals surface area contributed by atoms with Crippen LogP contribution in [-0.2, 0) is 6.18 Å². The minimum atomic E-state index is -4.76. The van der Waals surface area contributed by atoms with Crippen molar-refractivity contribution in [1.29, 1.82) is 0 Å². The van der Waals surface area contributed by atoms with E-state index in [9.17, 15) is 18.0 Å². The van der Waals surface area contributed by atoms with Crippen LogP contribution in [0.3, 0.4) is 0 Å². The lowest BCUT2D eigenvalue weighted by Gasteiger charge is -2.16. The number of pyridine rings is 2. The molecule has 27 heavy (non-hydrogen) atoms. The van der Waals surface area contributed by atoms with Crippen molar-refractivity contribution in [3.8, 4) is 17.1 Å². The summed E-state index contributed by atoms with van der Waals surface area (Å²) < 4.78 is 45.6. The lowest BCUT2D eigenvalue weighted by molar-refractivity contribution is -0.137. The zero-order valence-electron chi connectivity index (χ0n) is 13.8. The fraction of sp³-hybridized carbons (Fsp3) is 0.125. The molecule has 0 aromatic carbocycles. The van der Waals surface area contributed by atoms with Crippen LogP contribution in [0.5, 0.6) is 5.88 Å². The van der Waals surface area contributed by atoms with Gasteiger partial charge in [0.15, 0.2) is 11.5 Å². The van der Waals surface area contributed by atoms with E-state index >= 15 is 0 Å². The van der Waals surface area contributed by atoms with Crippen LogP contribution in [0.15, 0.2) is 36.7 Å². The Balaban J connectivity index is 2.16. The molecule has 3 heterocycles. The molecule has 3 rings (SSSR count). The number of halogens is 3. The van der Waals surface area contributed by atoms with Crippen molar-refractivity contribution in [2.75, 3.05) is 18.2 Å². The SMILES string of the molecule is COc1ncccc1-c1nc(C(=O)Nc2cc[nH]n2)c(N)cc1C(F)(F)F. The summed E-state index contributed by atoms with van der Waals surface area (Å²) in [5.41, 5.74) is 3.20. The Bertz CT molecular complexity index is 973. The van der Waals surface area contributed by atoms with Gasteiger partial charge in [-0.05, 0) is 18.2 Å². The van der Waals surface area contributed by atoms with E-state index in [4.69, 9.17) is 10.5 Å². The van der Waals surface area contributed by atoms with Crippen LogP contribution >= 0.6 is 0 Å². The number of amides is 1. The van der Waals surface area contributed by atoms with E-state index in [0.717, 1.165) is 0 Å². The Morgan fingerprint density at radius 2 is 2.11 bits per heavy atom. The fourth-order valence-electron chi connectivity index (χ4n) is 2.37. The van der Waals surface area contributed by atoms with Crippen molar-refractivity contribution in [2.24, 2.45) is 0 Å². The highest BCUT2D eigenvalue weighted by atomic mass is 19.4. The second kappa shape index (κ2) is 6.94. The van der Waals surface area contributed by atoms with Crippen molar-refractivity contribution < 1.29 is 22.7 Å². The molecule has 0 unspecified atom stereocenters. The number of alkyl halides is 3. The summed E-state index contributed by atoms with van der Waals surface area (Å²) >= 11 is 0. The number of hydrogen-bond acceptors (Lipinski definition) is 6. The minimum Gasteiger partial charge on any atom is -0.481 e. The number of hydrogen-bond donors (Lipinski definition) is 3. The quantitative estimate of drug-likeness (QED) is 0.642. The molecule has 3 aromatic rings. The third kappa shape index (κ3) is 3.66. The van der Waals surface area contributed by atoms with Crippen molar-refractivity contribution in [3.05, 3.63) is 47.9 Å². The maximum Gasteiger partial charge on any atom is 0.418 e. The number of nitrogen functional groups attached to an aromatic ring is 1. The maximum absolute atomic E-state index is 13.5. The first kappa shape index (κ1) is 18.2. The molecule has 0 atom stereocenters. The van der Waals surface area contributed by atoms with Crippen molar-refractivity contribution >= 4 is 17.4 Å². The lowest BCUT2D eigenvalue weighted by Crippen LogP contribution is -2.19. The molecule has 0 aliphatic carbocycles. The van der Waals surface area contributed by atoms with E-state index in [2.05, 4.69) is 25.5 Å². The highest BCUT2D eigenvalue weighted by Crippen LogP contribution is 2.40. The average molecular weight is 378 g/mol. The Labute approximate surface area is 150 Å². The first-order valence-electron chi connectivity index (χ1n) is 7.49. The summed E-state index contributed by atoms with van der Waals surface area (Å²) in [6, 6.07) is 4.91. The molecule has 3 aromatic heterocycles. The molecule has 0 saturated heterocycles. The minimum absolute atomic E-state index is 0.0267. The Morgan fingerprint density at radius 3 is 2.74 bits per heavy atom. The van der Waals surface area contributed by atoms with Gasteiger partial charge in [0, 0.05) is 18.5 Å². The van der Waals surface area contributed by atoms with Gasteiger partial charge in [-0.2, -0.15) is 18.3 Å². The van der Waals surface area contributed by atoms with E-state index in [1.165, 1.54) is 37.7 Å². The summed E-state index contributed by atoms with van der Waals surface area (Å²) in [6.45, 7) is 0.